The van der Waals surface area contributed by atoms with E-state index in [9.17, 15) is 14.4 Å². The molecule has 4 rings (SSSR count). The van der Waals surface area contributed by atoms with Crippen LogP contribution in [0.2, 0.25) is 5.02 Å². The van der Waals surface area contributed by atoms with Crippen molar-refractivity contribution in [2.75, 3.05) is 6.61 Å². The lowest BCUT2D eigenvalue weighted by molar-refractivity contribution is -0.149. The van der Waals surface area contributed by atoms with Gasteiger partial charge in [0.1, 0.15) is 23.0 Å². The number of halogens is 1. The van der Waals surface area contributed by atoms with Crippen LogP contribution in [0.4, 0.5) is 0 Å². The van der Waals surface area contributed by atoms with E-state index in [1.165, 1.54) is 10.8 Å². The Kier molecular flexibility index (Phi) is 9.23. The summed E-state index contributed by atoms with van der Waals surface area (Å²) in [6, 6.07) is 12.8. The zero-order chi connectivity index (χ0) is 27.4. The van der Waals surface area contributed by atoms with Crippen molar-refractivity contribution in [2.45, 2.75) is 58.6 Å². The van der Waals surface area contributed by atoms with Crippen molar-refractivity contribution in [1.29, 1.82) is 0 Å². The third kappa shape index (κ3) is 6.81. The second-order valence-corrected chi connectivity index (χ2v) is 11.1. The van der Waals surface area contributed by atoms with Crippen LogP contribution in [-0.4, -0.2) is 40.4 Å². The summed E-state index contributed by atoms with van der Waals surface area (Å²) in [7, 11) is -1.79. The van der Waals surface area contributed by atoms with Gasteiger partial charge < -0.3 is 18.5 Å². The van der Waals surface area contributed by atoms with E-state index in [-0.39, 0.29) is 29.8 Å². The molecule has 1 aromatic heterocycles. The molecular weight excluding hydrogens is 533 g/mol. The number of aromatic amines is 1. The van der Waals surface area contributed by atoms with Gasteiger partial charge in [0.25, 0.3) is 5.56 Å². The van der Waals surface area contributed by atoms with Crippen molar-refractivity contribution in [2.24, 2.45) is 5.92 Å². The minimum Gasteiger partial charge on any atom is -0.462 e. The molecule has 10 nitrogen and oxygen atoms in total. The van der Waals surface area contributed by atoms with Crippen molar-refractivity contribution in [3.8, 4) is 5.75 Å². The van der Waals surface area contributed by atoms with Gasteiger partial charge in [0.15, 0.2) is 0 Å². The van der Waals surface area contributed by atoms with Gasteiger partial charge in [-0.2, -0.15) is 0 Å². The van der Waals surface area contributed by atoms with Crippen molar-refractivity contribution < 1.29 is 23.3 Å². The number of nitrogens with one attached hydrogen (secondary N) is 2. The molecule has 2 aromatic carbocycles. The Balaban J connectivity index is 1.49. The SMILES string of the molecule is CC(C)OC(=O)C(C)N[P@](OCC1CC(C)C(n2cc(Cl)c(=O)[nH]c2=O)O1)Oc1cccc2ccccc12. The van der Waals surface area contributed by atoms with Gasteiger partial charge in [-0.3, -0.25) is 19.1 Å². The molecule has 0 saturated carbocycles. The molecule has 1 saturated heterocycles. The molecule has 1 aliphatic rings. The highest BCUT2D eigenvalue weighted by Crippen LogP contribution is 2.41. The third-order valence-electron chi connectivity index (χ3n) is 5.96. The van der Waals surface area contributed by atoms with E-state index in [1.54, 1.807) is 20.8 Å². The van der Waals surface area contributed by atoms with E-state index in [2.05, 4.69) is 10.1 Å². The molecule has 38 heavy (non-hydrogen) atoms. The Morgan fingerprint density at radius 1 is 1.21 bits per heavy atom. The van der Waals surface area contributed by atoms with E-state index >= 15 is 0 Å². The summed E-state index contributed by atoms with van der Waals surface area (Å²) >= 11 is 5.93. The van der Waals surface area contributed by atoms with Crippen LogP contribution in [0.1, 0.15) is 40.3 Å². The average molecular weight is 564 g/mol. The maximum Gasteiger partial charge on any atom is 0.330 e. The van der Waals surface area contributed by atoms with Gasteiger partial charge in [-0.25, -0.2) is 9.88 Å². The number of nitrogens with zero attached hydrogens (tertiary/aromatic N) is 1. The summed E-state index contributed by atoms with van der Waals surface area (Å²) in [5, 5.41) is 4.93. The Labute approximate surface area is 226 Å². The second kappa shape index (κ2) is 12.4. The second-order valence-electron chi connectivity index (χ2n) is 9.46. The number of fused-ring (bicyclic) bond motifs is 1. The summed E-state index contributed by atoms with van der Waals surface area (Å²) in [6.45, 7) is 7.33. The van der Waals surface area contributed by atoms with E-state index in [0.717, 1.165) is 10.8 Å². The predicted octanol–water partition coefficient (Wildman–Crippen LogP) is 4.52. The van der Waals surface area contributed by atoms with Crippen LogP contribution in [0.3, 0.4) is 0 Å². The molecule has 2 heterocycles. The Morgan fingerprint density at radius 2 is 1.95 bits per heavy atom. The summed E-state index contributed by atoms with van der Waals surface area (Å²) < 4.78 is 25.1. The van der Waals surface area contributed by atoms with Crippen LogP contribution in [-0.2, 0) is 18.8 Å². The van der Waals surface area contributed by atoms with Crippen LogP contribution < -0.4 is 20.9 Å². The number of carbonyl (C=O) groups is 1. The first-order valence-electron chi connectivity index (χ1n) is 12.3. The normalized spacial score (nSPS) is 20.9. The number of ether oxygens (including phenoxy) is 2. The first kappa shape index (κ1) is 28.3. The van der Waals surface area contributed by atoms with Crippen molar-refractivity contribution in [3.05, 3.63) is 74.5 Å². The number of hydrogen-bond donors (Lipinski definition) is 2. The maximum absolute atomic E-state index is 12.5. The highest BCUT2D eigenvalue weighted by atomic mass is 35.5. The Morgan fingerprint density at radius 3 is 2.71 bits per heavy atom. The molecule has 12 heteroatoms. The van der Waals surface area contributed by atoms with Crippen LogP contribution in [0.5, 0.6) is 5.75 Å². The molecule has 4 unspecified atom stereocenters. The number of aromatic nitrogens is 2. The van der Waals surface area contributed by atoms with Crippen LogP contribution in [0.25, 0.3) is 10.8 Å². The molecule has 1 fully saturated rings. The van der Waals surface area contributed by atoms with E-state index in [0.29, 0.717) is 12.2 Å². The maximum atomic E-state index is 12.5. The topological polar surface area (TPSA) is 121 Å². The van der Waals surface area contributed by atoms with E-state index in [4.69, 9.17) is 30.1 Å². The minimum absolute atomic E-state index is 0.0543. The minimum atomic E-state index is -1.79. The number of carbonyl (C=O) groups excluding carboxylic acids is 1. The van der Waals surface area contributed by atoms with E-state index in [1.807, 2.05) is 49.4 Å². The molecule has 0 bridgehead atoms. The lowest BCUT2D eigenvalue weighted by Gasteiger charge is -2.24. The van der Waals surface area contributed by atoms with E-state index < -0.39 is 38.0 Å². The summed E-state index contributed by atoms with van der Waals surface area (Å²) in [4.78, 5) is 38.6. The summed E-state index contributed by atoms with van der Waals surface area (Å²) in [5.74, 6) is 0.137. The molecule has 0 aliphatic carbocycles. The average Bonchev–Trinajstić information content (AvgIpc) is 3.24. The van der Waals surface area contributed by atoms with Gasteiger partial charge in [0, 0.05) is 17.5 Å². The van der Waals surface area contributed by atoms with Crippen molar-refractivity contribution in [1.82, 2.24) is 14.6 Å². The molecule has 0 radical (unpaired) electrons. The van der Waals surface area contributed by atoms with Crippen LogP contribution >= 0.6 is 20.1 Å². The number of hydrogen-bond acceptors (Lipinski definition) is 8. The van der Waals surface area contributed by atoms with Gasteiger partial charge in [-0.05, 0) is 38.6 Å². The lowest BCUT2D eigenvalue weighted by atomic mass is 10.1. The molecular formula is C26H31ClN3O7P. The highest BCUT2D eigenvalue weighted by Gasteiger charge is 2.35. The Hall–Kier alpha value is -2.75. The number of benzene rings is 2. The van der Waals surface area contributed by atoms with Gasteiger partial charge in [0.2, 0.25) is 0 Å². The van der Waals surface area contributed by atoms with Crippen LogP contribution in [0.15, 0.2) is 58.3 Å². The zero-order valence-electron chi connectivity index (χ0n) is 21.5. The summed E-state index contributed by atoms with van der Waals surface area (Å²) in [6.07, 6.45) is 0.633. The smallest absolute Gasteiger partial charge is 0.330 e. The van der Waals surface area contributed by atoms with Gasteiger partial charge in [0.05, 0.1) is 18.8 Å². The lowest BCUT2D eigenvalue weighted by Crippen LogP contribution is -2.35. The number of rotatable bonds is 10. The first-order chi connectivity index (χ1) is 18.1. The van der Waals surface area contributed by atoms with Gasteiger partial charge in [-0.1, -0.05) is 54.9 Å². The molecule has 2 N–H and O–H groups in total. The molecule has 5 atom stereocenters. The van der Waals surface area contributed by atoms with Crippen LogP contribution in [0, 0.1) is 5.92 Å². The first-order valence-corrected chi connectivity index (χ1v) is 13.9. The molecule has 3 aromatic rings. The largest absolute Gasteiger partial charge is 0.462 e. The fourth-order valence-corrected chi connectivity index (χ4v) is 5.56. The fourth-order valence-electron chi connectivity index (χ4n) is 4.17. The van der Waals surface area contributed by atoms with Gasteiger partial charge in [-0.15, -0.1) is 0 Å². The standard InChI is InChI=1S/C26H31ClN3O7P/c1-15(2)35-25(32)17(4)29-38(37-22-11-7-9-18-8-5-6-10-20(18)22)34-14-19-12-16(3)24(36-19)30-13-21(27)23(31)28-26(30)33/h5-11,13,15-17,19,24,29H,12,14H2,1-4H3,(H,28,31,33)/t16?,17?,19?,24?,38-/m1/s1. The number of H-pyrrole nitrogens is 1. The van der Waals surface area contributed by atoms with Gasteiger partial charge >= 0.3 is 20.2 Å². The van der Waals surface area contributed by atoms with Crippen molar-refractivity contribution >= 4 is 36.9 Å². The summed E-state index contributed by atoms with van der Waals surface area (Å²) in [5.41, 5.74) is -1.25. The molecule has 204 valence electrons. The third-order valence-corrected chi connectivity index (χ3v) is 7.58. The quantitative estimate of drug-likeness (QED) is 0.273. The number of esters is 1. The highest BCUT2D eigenvalue weighted by molar-refractivity contribution is 7.45. The molecule has 1 aliphatic heterocycles. The molecule has 0 spiro atoms. The van der Waals surface area contributed by atoms with Crippen molar-refractivity contribution in [3.63, 3.8) is 0 Å². The zero-order valence-corrected chi connectivity index (χ0v) is 23.2. The predicted molar refractivity (Wildman–Crippen MR) is 145 cm³/mol. The molecule has 0 amide bonds. The Bertz CT molecular complexity index is 1390. The fraction of sp³-hybridized carbons (Fsp3) is 0.423. The monoisotopic (exact) mass is 563 g/mol.